The third kappa shape index (κ3) is 3.61. The maximum atomic E-state index is 13.2. The Morgan fingerprint density at radius 2 is 2.00 bits per heavy atom. The van der Waals surface area contributed by atoms with Crippen molar-refractivity contribution in [3.05, 3.63) is 47.5 Å². The van der Waals surface area contributed by atoms with E-state index in [1.54, 1.807) is 0 Å². The van der Waals surface area contributed by atoms with Crippen LogP contribution in [0.3, 0.4) is 0 Å². The highest BCUT2D eigenvalue weighted by molar-refractivity contribution is 6.04. The van der Waals surface area contributed by atoms with E-state index in [1.165, 1.54) is 0 Å². The van der Waals surface area contributed by atoms with E-state index in [4.69, 9.17) is 9.26 Å². The summed E-state index contributed by atoms with van der Waals surface area (Å²) >= 11 is 0. The molecule has 1 amide bonds. The van der Waals surface area contributed by atoms with E-state index in [0.717, 1.165) is 5.56 Å². The number of amides is 1. The van der Waals surface area contributed by atoms with Gasteiger partial charge in [0.15, 0.2) is 17.4 Å². The van der Waals surface area contributed by atoms with Crippen LogP contribution in [-0.2, 0) is 4.74 Å². The van der Waals surface area contributed by atoms with E-state index in [-0.39, 0.29) is 11.9 Å². The second kappa shape index (κ2) is 7.81. The van der Waals surface area contributed by atoms with Crippen LogP contribution in [0.4, 0.5) is 5.82 Å². The Labute approximate surface area is 162 Å². The number of H-pyrrole nitrogens is 1. The van der Waals surface area contributed by atoms with Crippen molar-refractivity contribution < 1.29 is 14.1 Å². The van der Waals surface area contributed by atoms with Gasteiger partial charge in [-0.05, 0) is 13.8 Å². The van der Waals surface area contributed by atoms with Gasteiger partial charge in [-0.15, -0.1) is 0 Å². The van der Waals surface area contributed by atoms with Gasteiger partial charge >= 0.3 is 0 Å². The number of aromatic nitrogens is 4. The molecule has 9 nitrogen and oxygen atoms in total. The summed E-state index contributed by atoms with van der Waals surface area (Å²) in [6.45, 7) is 6.12. The Kier molecular flexibility index (Phi) is 5.07. The number of nitrogens with one attached hydrogen (secondary N) is 2. The molecule has 0 radical (unpaired) electrons. The van der Waals surface area contributed by atoms with Gasteiger partial charge in [0.05, 0.1) is 19.3 Å². The van der Waals surface area contributed by atoms with E-state index in [2.05, 4.69) is 25.7 Å². The molecular formula is C19H22N6O3. The highest BCUT2D eigenvalue weighted by Crippen LogP contribution is 2.32. The molecule has 1 fully saturated rings. The fraction of sp³-hybridized carbons (Fsp3) is 0.368. The molecule has 0 saturated carbocycles. The minimum atomic E-state index is -0.367. The Bertz CT molecular complexity index is 946. The molecule has 2 aromatic heterocycles. The first-order chi connectivity index (χ1) is 13.6. The fourth-order valence-corrected chi connectivity index (χ4v) is 3.15. The molecule has 1 aliphatic heterocycles. The van der Waals surface area contributed by atoms with Crippen molar-refractivity contribution >= 4 is 11.7 Å². The van der Waals surface area contributed by atoms with Crippen LogP contribution in [0.2, 0.25) is 0 Å². The molecule has 3 aromatic rings. The van der Waals surface area contributed by atoms with Crippen LogP contribution >= 0.6 is 0 Å². The van der Waals surface area contributed by atoms with Crippen molar-refractivity contribution in [1.29, 1.82) is 0 Å². The van der Waals surface area contributed by atoms with Crippen molar-refractivity contribution in [3.8, 4) is 11.3 Å². The van der Waals surface area contributed by atoms with Crippen molar-refractivity contribution in [3.63, 3.8) is 0 Å². The molecule has 28 heavy (non-hydrogen) atoms. The number of hydrogen-bond acceptors (Lipinski definition) is 7. The Hall–Kier alpha value is -3.20. The van der Waals surface area contributed by atoms with Crippen molar-refractivity contribution in [2.75, 3.05) is 31.2 Å². The summed E-state index contributed by atoms with van der Waals surface area (Å²) in [5, 5.41) is 14.1. The first-order valence-corrected chi connectivity index (χ1v) is 9.21. The van der Waals surface area contributed by atoms with Gasteiger partial charge in [-0.1, -0.05) is 35.5 Å². The van der Waals surface area contributed by atoms with Gasteiger partial charge in [-0.2, -0.15) is 5.10 Å². The maximum absolute atomic E-state index is 13.2. The topological polar surface area (TPSA) is 109 Å². The van der Waals surface area contributed by atoms with Crippen molar-refractivity contribution in [2.24, 2.45) is 0 Å². The molecule has 0 bridgehead atoms. The number of rotatable bonds is 5. The average Bonchev–Trinajstić information content (AvgIpc) is 3.36. The second-order valence-electron chi connectivity index (χ2n) is 6.65. The molecule has 1 unspecified atom stereocenters. The second-order valence-corrected chi connectivity index (χ2v) is 6.65. The summed E-state index contributed by atoms with van der Waals surface area (Å²) < 4.78 is 11.0. The van der Waals surface area contributed by atoms with E-state index >= 15 is 0 Å². The van der Waals surface area contributed by atoms with Crippen LogP contribution in [0.25, 0.3) is 11.3 Å². The van der Waals surface area contributed by atoms with Crippen LogP contribution in [-0.4, -0.2) is 52.5 Å². The number of aromatic amines is 1. The summed E-state index contributed by atoms with van der Waals surface area (Å²) in [4.78, 5) is 19.5. The number of morpholine rings is 1. The lowest BCUT2D eigenvalue weighted by atomic mass is 10.1. The lowest BCUT2D eigenvalue weighted by Gasteiger charge is -2.27. The van der Waals surface area contributed by atoms with E-state index in [9.17, 15) is 4.79 Å². The number of nitrogens with zero attached hydrogens (tertiary/aromatic N) is 4. The highest BCUT2D eigenvalue weighted by atomic mass is 16.5. The van der Waals surface area contributed by atoms with Crippen molar-refractivity contribution in [2.45, 2.75) is 19.9 Å². The van der Waals surface area contributed by atoms with E-state index < -0.39 is 0 Å². The molecular weight excluding hydrogens is 360 g/mol. The van der Waals surface area contributed by atoms with Crippen LogP contribution in [0.15, 0.2) is 34.9 Å². The van der Waals surface area contributed by atoms with Gasteiger partial charge in [-0.3, -0.25) is 9.89 Å². The number of carbonyl (C=O) groups excluding carboxylic acids is 1. The summed E-state index contributed by atoms with van der Waals surface area (Å²) in [7, 11) is 0. The molecule has 1 saturated heterocycles. The third-order valence-electron chi connectivity index (χ3n) is 4.60. The number of hydrogen-bond donors (Lipinski definition) is 2. The van der Waals surface area contributed by atoms with Gasteiger partial charge < -0.3 is 19.5 Å². The van der Waals surface area contributed by atoms with Gasteiger partial charge in [0.1, 0.15) is 11.4 Å². The molecule has 0 aliphatic carbocycles. The van der Waals surface area contributed by atoms with Gasteiger partial charge in [-0.25, -0.2) is 4.98 Å². The monoisotopic (exact) mass is 382 g/mol. The molecule has 1 aromatic carbocycles. The lowest BCUT2D eigenvalue weighted by Crippen LogP contribution is -2.38. The molecule has 4 rings (SSSR count). The number of ether oxygens (including phenoxy) is 1. The molecule has 1 atom stereocenters. The lowest BCUT2D eigenvalue weighted by molar-refractivity contribution is 0.0937. The SMILES string of the molecule is Cc1nc(C(C)NC(=O)c2c(N3CCOCC3)noc2-c2ccccc2)n[nH]1. The molecule has 0 spiro atoms. The molecule has 9 heteroatoms. The third-order valence-corrected chi connectivity index (χ3v) is 4.60. The number of anilines is 1. The summed E-state index contributed by atoms with van der Waals surface area (Å²) in [5.74, 6) is 1.91. The zero-order chi connectivity index (χ0) is 19.5. The Balaban J connectivity index is 1.68. The minimum absolute atomic E-state index is 0.281. The van der Waals surface area contributed by atoms with Gasteiger partial charge in [0, 0.05) is 18.7 Å². The Morgan fingerprint density at radius 3 is 2.68 bits per heavy atom. The normalized spacial score (nSPS) is 15.4. The molecule has 146 valence electrons. The number of aryl methyl sites for hydroxylation is 1. The quantitative estimate of drug-likeness (QED) is 0.695. The number of carbonyl (C=O) groups is 1. The predicted octanol–water partition coefficient (Wildman–Crippen LogP) is 2.10. The standard InChI is InChI=1S/C19H22N6O3/c1-12(17-21-13(2)22-23-17)20-19(26)15-16(14-6-4-3-5-7-14)28-24-18(15)25-8-10-27-11-9-25/h3-7,12H,8-11H2,1-2H3,(H,20,26)(H,21,22,23). The van der Waals surface area contributed by atoms with E-state index in [1.807, 2.05) is 49.1 Å². The molecule has 2 N–H and O–H groups in total. The fourth-order valence-electron chi connectivity index (χ4n) is 3.15. The smallest absolute Gasteiger partial charge is 0.259 e. The van der Waals surface area contributed by atoms with Crippen molar-refractivity contribution in [1.82, 2.24) is 25.7 Å². The predicted molar refractivity (Wildman–Crippen MR) is 102 cm³/mol. The molecule has 1 aliphatic rings. The molecule has 3 heterocycles. The average molecular weight is 382 g/mol. The summed E-state index contributed by atoms with van der Waals surface area (Å²) in [6.07, 6.45) is 0. The van der Waals surface area contributed by atoms with Gasteiger partial charge in [0.25, 0.3) is 5.91 Å². The number of benzene rings is 1. The van der Waals surface area contributed by atoms with Crippen LogP contribution in [0, 0.1) is 6.92 Å². The zero-order valence-electron chi connectivity index (χ0n) is 15.8. The van der Waals surface area contributed by atoms with Crippen LogP contribution < -0.4 is 10.2 Å². The van der Waals surface area contributed by atoms with Crippen LogP contribution in [0.1, 0.15) is 35.0 Å². The maximum Gasteiger partial charge on any atom is 0.259 e. The summed E-state index contributed by atoms with van der Waals surface area (Å²) in [6, 6.07) is 9.12. The zero-order valence-corrected chi connectivity index (χ0v) is 15.8. The van der Waals surface area contributed by atoms with Crippen LogP contribution in [0.5, 0.6) is 0 Å². The summed E-state index contributed by atoms with van der Waals surface area (Å²) in [5.41, 5.74) is 1.20. The largest absolute Gasteiger partial charge is 0.378 e. The first-order valence-electron chi connectivity index (χ1n) is 9.21. The minimum Gasteiger partial charge on any atom is -0.378 e. The Morgan fingerprint density at radius 1 is 1.25 bits per heavy atom. The first kappa shape index (κ1) is 18.2. The van der Waals surface area contributed by atoms with E-state index in [0.29, 0.717) is 55.1 Å². The van der Waals surface area contributed by atoms with Gasteiger partial charge in [0.2, 0.25) is 0 Å². The highest BCUT2D eigenvalue weighted by Gasteiger charge is 2.29.